The third-order valence-electron chi connectivity index (χ3n) is 4.95. The quantitative estimate of drug-likeness (QED) is 0.825. The summed E-state index contributed by atoms with van der Waals surface area (Å²) in [7, 11) is 1.78. The number of aryl methyl sites for hydroxylation is 1. The van der Waals surface area contributed by atoms with E-state index in [1.807, 2.05) is 37.3 Å². The van der Waals surface area contributed by atoms with Crippen molar-refractivity contribution < 1.29 is 9.32 Å². The minimum absolute atomic E-state index is 0.0122. The van der Waals surface area contributed by atoms with Crippen LogP contribution in [0.4, 0.5) is 5.69 Å². The third kappa shape index (κ3) is 4.25. The number of amides is 1. The Kier molecular flexibility index (Phi) is 5.61. The van der Waals surface area contributed by atoms with Gasteiger partial charge in [-0.1, -0.05) is 5.16 Å². The van der Waals surface area contributed by atoms with Crippen molar-refractivity contribution in [3.8, 4) is 0 Å². The molecular formula is C20H28N4O2. The van der Waals surface area contributed by atoms with Gasteiger partial charge in [0.2, 0.25) is 0 Å². The van der Waals surface area contributed by atoms with Crippen molar-refractivity contribution in [1.29, 1.82) is 0 Å². The molecule has 0 bridgehead atoms. The highest BCUT2D eigenvalue weighted by Crippen LogP contribution is 2.19. The summed E-state index contributed by atoms with van der Waals surface area (Å²) >= 11 is 0. The first-order valence-electron chi connectivity index (χ1n) is 9.21. The summed E-state index contributed by atoms with van der Waals surface area (Å²) in [5.41, 5.74) is 2.63. The Morgan fingerprint density at radius 3 is 2.38 bits per heavy atom. The van der Waals surface area contributed by atoms with E-state index in [4.69, 9.17) is 4.52 Å². The van der Waals surface area contributed by atoms with E-state index in [0.29, 0.717) is 18.2 Å². The van der Waals surface area contributed by atoms with Crippen LogP contribution >= 0.6 is 0 Å². The summed E-state index contributed by atoms with van der Waals surface area (Å²) in [4.78, 5) is 19.1. The van der Waals surface area contributed by atoms with Gasteiger partial charge in [-0.2, -0.15) is 0 Å². The van der Waals surface area contributed by atoms with Crippen molar-refractivity contribution in [3.63, 3.8) is 0 Å². The van der Waals surface area contributed by atoms with Crippen molar-refractivity contribution in [1.82, 2.24) is 15.0 Å². The summed E-state index contributed by atoms with van der Waals surface area (Å²) in [6.07, 6.45) is 0. The molecule has 3 rings (SSSR count). The minimum atomic E-state index is -0.0122. The molecule has 0 spiro atoms. The molecule has 26 heavy (non-hydrogen) atoms. The fourth-order valence-electron chi connectivity index (χ4n) is 3.34. The molecule has 0 aliphatic carbocycles. The van der Waals surface area contributed by atoms with Gasteiger partial charge in [0.1, 0.15) is 11.5 Å². The lowest BCUT2D eigenvalue weighted by Crippen LogP contribution is -2.48. The molecule has 1 aromatic heterocycles. The van der Waals surface area contributed by atoms with Gasteiger partial charge in [-0.3, -0.25) is 9.69 Å². The Balaban J connectivity index is 1.59. The van der Waals surface area contributed by atoms with Gasteiger partial charge in [0, 0.05) is 56.6 Å². The molecule has 1 aliphatic rings. The molecule has 0 atom stereocenters. The molecular weight excluding hydrogens is 328 g/mol. The van der Waals surface area contributed by atoms with Crippen LogP contribution in [0, 0.1) is 6.92 Å². The molecule has 0 unspecified atom stereocenters. The van der Waals surface area contributed by atoms with Crippen molar-refractivity contribution in [2.24, 2.45) is 0 Å². The zero-order valence-electron chi connectivity index (χ0n) is 16.1. The molecule has 2 heterocycles. The van der Waals surface area contributed by atoms with Crippen LogP contribution in [-0.4, -0.2) is 60.1 Å². The van der Waals surface area contributed by atoms with Gasteiger partial charge in [0.15, 0.2) is 0 Å². The van der Waals surface area contributed by atoms with E-state index < -0.39 is 0 Å². The van der Waals surface area contributed by atoms with E-state index in [1.54, 1.807) is 11.9 Å². The first-order valence-corrected chi connectivity index (χ1v) is 9.21. The average molecular weight is 356 g/mol. The zero-order valence-corrected chi connectivity index (χ0v) is 16.1. The number of hydrogen-bond acceptors (Lipinski definition) is 5. The maximum atomic E-state index is 12.6. The number of aromatic nitrogens is 1. The average Bonchev–Trinajstić information content (AvgIpc) is 3.06. The van der Waals surface area contributed by atoms with Crippen molar-refractivity contribution in [2.45, 2.75) is 33.4 Å². The number of benzene rings is 1. The minimum Gasteiger partial charge on any atom is -0.369 e. The van der Waals surface area contributed by atoms with Crippen LogP contribution in [0.2, 0.25) is 0 Å². The number of hydrogen-bond donors (Lipinski definition) is 0. The lowest BCUT2D eigenvalue weighted by atomic mass is 10.1. The normalized spacial score (nSPS) is 15.5. The van der Waals surface area contributed by atoms with Crippen molar-refractivity contribution >= 4 is 11.6 Å². The van der Waals surface area contributed by atoms with Gasteiger partial charge in [0.05, 0.1) is 6.54 Å². The van der Waals surface area contributed by atoms with Crippen LogP contribution in [0.1, 0.15) is 35.7 Å². The van der Waals surface area contributed by atoms with Gasteiger partial charge >= 0.3 is 0 Å². The van der Waals surface area contributed by atoms with Crippen LogP contribution in [-0.2, 0) is 6.54 Å². The smallest absolute Gasteiger partial charge is 0.253 e. The summed E-state index contributed by atoms with van der Waals surface area (Å²) in [5, 5.41) is 3.95. The summed E-state index contributed by atoms with van der Waals surface area (Å²) in [6.45, 7) is 11.0. The summed E-state index contributed by atoms with van der Waals surface area (Å²) in [6, 6.07) is 10.4. The Hall–Kier alpha value is -2.34. The predicted octanol–water partition coefficient (Wildman–Crippen LogP) is 2.79. The van der Waals surface area contributed by atoms with Gasteiger partial charge < -0.3 is 14.3 Å². The van der Waals surface area contributed by atoms with Gasteiger partial charge in [-0.15, -0.1) is 0 Å². The van der Waals surface area contributed by atoms with E-state index in [1.165, 1.54) is 5.69 Å². The van der Waals surface area contributed by atoms with Crippen LogP contribution in [0.25, 0.3) is 0 Å². The lowest BCUT2D eigenvalue weighted by Gasteiger charge is -2.38. The SMILES string of the molecule is Cc1cc(CN(C)C(=O)c2ccc(N3CCN(C(C)C)CC3)cc2)no1. The van der Waals surface area contributed by atoms with E-state index in [0.717, 1.165) is 37.6 Å². The van der Waals surface area contributed by atoms with Gasteiger partial charge in [0.25, 0.3) is 5.91 Å². The number of anilines is 1. The second-order valence-corrected chi connectivity index (χ2v) is 7.25. The van der Waals surface area contributed by atoms with Crippen LogP contribution < -0.4 is 4.90 Å². The van der Waals surface area contributed by atoms with Crippen LogP contribution in [0.3, 0.4) is 0 Å². The molecule has 0 saturated carbocycles. The second-order valence-electron chi connectivity index (χ2n) is 7.25. The highest BCUT2D eigenvalue weighted by Gasteiger charge is 2.19. The van der Waals surface area contributed by atoms with E-state index in [9.17, 15) is 4.79 Å². The Morgan fingerprint density at radius 2 is 1.85 bits per heavy atom. The first kappa shape index (κ1) is 18.5. The monoisotopic (exact) mass is 356 g/mol. The van der Waals surface area contributed by atoms with Gasteiger partial charge in [-0.25, -0.2) is 0 Å². The number of rotatable bonds is 5. The molecule has 1 fully saturated rings. The Morgan fingerprint density at radius 1 is 1.19 bits per heavy atom. The number of carbonyl (C=O) groups excluding carboxylic acids is 1. The summed E-state index contributed by atoms with van der Waals surface area (Å²) < 4.78 is 5.06. The largest absolute Gasteiger partial charge is 0.369 e. The zero-order chi connectivity index (χ0) is 18.7. The second kappa shape index (κ2) is 7.91. The van der Waals surface area contributed by atoms with E-state index >= 15 is 0 Å². The third-order valence-corrected chi connectivity index (χ3v) is 4.95. The molecule has 1 saturated heterocycles. The maximum absolute atomic E-state index is 12.6. The van der Waals surface area contributed by atoms with E-state index in [-0.39, 0.29) is 5.91 Å². The molecule has 1 amide bonds. The first-order chi connectivity index (χ1) is 12.4. The fraction of sp³-hybridized carbons (Fsp3) is 0.500. The highest BCUT2D eigenvalue weighted by atomic mass is 16.5. The topological polar surface area (TPSA) is 52.8 Å². The number of carbonyl (C=O) groups is 1. The maximum Gasteiger partial charge on any atom is 0.253 e. The van der Waals surface area contributed by atoms with Crippen molar-refractivity contribution in [3.05, 3.63) is 47.3 Å². The molecule has 0 N–H and O–H groups in total. The Bertz CT molecular complexity index is 731. The van der Waals surface area contributed by atoms with Gasteiger partial charge in [-0.05, 0) is 45.0 Å². The van der Waals surface area contributed by atoms with Crippen LogP contribution in [0.15, 0.2) is 34.9 Å². The molecule has 0 radical (unpaired) electrons. The van der Waals surface area contributed by atoms with Crippen LogP contribution in [0.5, 0.6) is 0 Å². The number of nitrogens with zero attached hydrogens (tertiary/aromatic N) is 4. The molecule has 2 aromatic rings. The standard InChI is InChI=1S/C20H28N4O2/c1-15(2)23-9-11-24(12-10-23)19-7-5-17(6-8-19)20(25)22(4)14-18-13-16(3)26-21-18/h5-8,13,15H,9-12,14H2,1-4H3. The molecule has 1 aliphatic heterocycles. The fourth-order valence-corrected chi connectivity index (χ4v) is 3.34. The summed E-state index contributed by atoms with van der Waals surface area (Å²) in [5.74, 6) is 0.740. The predicted molar refractivity (Wildman–Crippen MR) is 102 cm³/mol. The molecule has 140 valence electrons. The van der Waals surface area contributed by atoms with Crippen molar-refractivity contribution in [2.75, 3.05) is 38.1 Å². The highest BCUT2D eigenvalue weighted by molar-refractivity contribution is 5.94. The Labute approximate surface area is 155 Å². The molecule has 1 aromatic carbocycles. The molecule has 6 heteroatoms. The number of piperazine rings is 1. The van der Waals surface area contributed by atoms with E-state index in [2.05, 4.69) is 28.8 Å². The lowest BCUT2D eigenvalue weighted by molar-refractivity contribution is 0.0782. The molecule has 6 nitrogen and oxygen atoms in total.